The van der Waals surface area contributed by atoms with Crippen LogP contribution in [0.1, 0.15) is 55.2 Å². The zero-order valence-electron chi connectivity index (χ0n) is 21.9. The first kappa shape index (κ1) is 26.6. The van der Waals surface area contributed by atoms with Gasteiger partial charge in [-0.25, -0.2) is 4.79 Å². The highest BCUT2D eigenvalue weighted by atomic mass is 35.5. The second-order valence-corrected chi connectivity index (χ2v) is 10.2. The van der Waals surface area contributed by atoms with Crippen molar-refractivity contribution >= 4 is 23.4 Å². The number of Topliss-reactive ketones (excluding diaryl/α,β-unsaturated/α-hetero) is 1. The molecule has 0 amide bonds. The molecular weight excluding hydrogens is 514 g/mol. The third kappa shape index (κ3) is 5.57. The molecule has 0 saturated heterocycles. The Morgan fingerprint density at radius 1 is 1.03 bits per heavy atom. The van der Waals surface area contributed by atoms with Gasteiger partial charge in [0, 0.05) is 34.3 Å². The van der Waals surface area contributed by atoms with Crippen LogP contribution >= 0.6 is 11.6 Å². The Kier molecular flexibility index (Phi) is 7.75. The summed E-state index contributed by atoms with van der Waals surface area (Å²) in [6.45, 7) is 4.13. The SMILES string of the molecule is CCOc1cc([C@H]2C(C(=O)OCc3ccccc3)=C(C)NC3=C2C(=O)C[C@@H](c2ccc(Cl)cc2)C3)ccc1O. The number of ether oxygens (including phenoxy) is 2. The third-order valence-electron chi connectivity index (χ3n) is 7.22. The van der Waals surface area contributed by atoms with E-state index in [9.17, 15) is 14.7 Å². The lowest BCUT2D eigenvalue weighted by Crippen LogP contribution is -2.36. The van der Waals surface area contributed by atoms with E-state index in [0.717, 1.165) is 16.8 Å². The molecule has 3 aromatic carbocycles. The van der Waals surface area contributed by atoms with Gasteiger partial charge in [-0.1, -0.05) is 60.1 Å². The molecule has 1 heterocycles. The molecule has 0 saturated carbocycles. The predicted octanol–water partition coefficient (Wildman–Crippen LogP) is 6.55. The van der Waals surface area contributed by atoms with Crippen LogP contribution in [0.4, 0.5) is 0 Å². The van der Waals surface area contributed by atoms with E-state index in [1.165, 1.54) is 6.07 Å². The van der Waals surface area contributed by atoms with Gasteiger partial charge in [-0.15, -0.1) is 0 Å². The van der Waals surface area contributed by atoms with Gasteiger partial charge in [-0.05, 0) is 67.1 Å². The van der Waals surface area contributed by atoms with Gasteiger partial charge in [0.05, 0.1) is 12.2 Å². The molecule has 2 N–H and O–H groups in total. The van der Waals surface area contributed by atoms with Crippen molar-refractivity contribution in [3.63, 3.8) is 0 Å². The maximum Gasteiger partial charge on any atom is 0.337 e. The van der Waals surface area contributed by atoms with Crippen LogP contribution in [0, 0.1) is 0 Å². The quantitative estimate of drug-likeness (QED) is 0.329. The monoisotopic (exact) mass is 543 g/mol. The average Bonchev–Trinajstić information content (AvgIpc) is 2.93. The largest absolute Gasteiger partial charge is 0.504 e. The van der Waals surface area contributed by atoms with Crippen molar-refractivity contribution in [3.05, 3.63) is 117 Å². The average molecular weight is 544 g/mol. The Bertz CT molecular complexity index is 1460. The van der Waals surface area contributed by atoms with Gasteiger partial charge in [0.1, 0.15) is 6.61 Å². The first-order valence-electron chi connectivity index (χ1n) is 13.0. The molecular formula is C32H30ClNO5. The molecule has 2 aliphatic rings. The number of hydrogen-bond donors (Lipinski definition) is 2. The van der Waals surface area contributed by atoms with Crippen molar-refractivity contribution in [1.82, 2.24) is 5.32 Å². The number of benzene rings is 3. The second kappa shape index (κ2) is 11.4. The molecule has 7 heteroatoms. The van der Waals surface area contributed by atoms with E-state index in [1.54, 1.807) is 12.1 Å². The number of phenolic OH excluding ortho intramolecular Hbond substituents is 1. The minimum absolute atomic E-state index is 0.00424. The summed E-state index contributed by atoms with van der Waals surface area (Å²) in [6.07, 6.45) is 0.916. The Morgan fingerprint density at radius 2 is 1.74 bits per heavy atom. The van der Waals surface area contributed by atoms with Crippen molar-refractivity contribution < 1.29 is 24.2 Å². The van der Waals surface area contributed by atoms with E-state index in [2.05, 4.69) is 5.32 Å². The lowest BCUT2D eigenvalue weighted by molar-refractivity contribution is -0.140. The van der Waals surface area contributed by atoms with Gasteiger partial charge in [0.25, 0.3) is 0 Å². The molecule has 1 aliphatic heterocycles. The fourth-order valence-electron chi connectivity index (χ4n) is 5.40. The molecule has 0 bridgehead atoms. The highest BCUT2D eigenvalue weighted by Crippen LogP contribution is 2.47. The number of carbonyl (C=O) groups is 2. The van der Waals surface area contributed by atoms with E-state index >= 15 is 0 Å². The fraction of sp³-hybridized carbons (Fsp3) is 0.250. The number of allylic oxidation sites excluding steroid dienone is 3. The van der Waals surface area contributed by atoms with Crippen LogP contribution in [0.15, 0.2) is 95.3 Å². The maximum absolute atomic E-state index is 13.8. The third-order valence-corrected chi connectivity index (χ3v) is 7.47. The molecule has 6 nitrogen and oxygen atoms in total. The molecule has 0 fully saturated rings. The molecule has 1 aliphatic carbocycles. The molecule has 0 aromatic heterocycles. The highest BCUT2D eigenvalue weighted by molar-refractivity contribution is 6.30. The Labute approximate surface area is 232 Å². The zero-order chi connectivity index (χ0) is 27.5. The number of esters is 1. The minimum Gasteiger partial charge on any atom is -0.504 e. The summed E-state index contributed by atoms with van der Waals surface area (Å²) in [5.74, 6) is -0.925. The fourth-order valence-corrected chi connectivity index (χ4v) is 5.52. The highest BCUT2D eigenvalue weighted by Gasteiger charge is 2.41. The van der Waals surface area contributed by atoms with Gasteiger partial charge in [0.15, 0.2) is 17.3 Å². The summed E-state index contributed by atoms with van der Waals surface area (Å²) in [7, 11) is 0. The molecule has 200 valence electrons. The normalized spacial score (nSPS) is 18.9. The summed E-state index contributed by atoms with van der Waals surface area (Å²) < 4.78 is 11.4. The van der Waals surface area contributed by atoms with Gasteiger partial charge >= 0.3 is 5.97 Å². The number of phenols is 1. The molecule has 0 radical (unpaired) electrons. The zero-order valence-corrected chi connectivity index (χ0v) is 22.6. The number of dihydropyridines is 1. The van der Waals surface area contributed by atoms with Gasteiger partial charge in [0.2, 0.25) is 0 Å². The van der Waals surface area contributed by atoms with Crippen molar-refractivity contribution in [3.8, 4) is 11.5 Å². The Balaban J connectivity index is 1.54. The lowest BCUT2D eigenvalue weighted by Gasteiger charge is -2.36. The predicted molar refractivity (Wildman–Crippen MR) is 150 cm³/mol. The molecule has 0 spiro atoms. The molecule has 2 atom stereocenters. The summed E-state index contributed by atoms with van der Waals surface area (Å²) in [4.78, 5) is 27.4. The van der Waals surface area contributed by atoms with Gasteiger partial charge < -0.3 is 19.9 Å². The van der Waals surface area contributed by atoms with Crippen LogP contribution in [0.3, 0.4) is 0 Å². The number of ketones is 1. The number of aromatic hydroxyl groups is 1. The van der Waals surface area contributed by atoms with E-state index in [1.807, 2.05) is 68.4 Å². The number of nitrogens with one attached hydrogen (secondary N) is 1. The van der Waals surface area contributed by atoms with Crippen LogP contribution in [0.25, 0.3) is 0 Å². The van der Waals surface area contributed by atoms with E-state index in [4.69, 9.17) is 21.1 Å². The van der Waals surface area contributed by atoms with E-state index in [0.29, 0.717) is 52.6 Å². The second-order valence-electron chi connectivity index (χ2n) is 9.79. The van der Waals surface area contributed by atoms with Gasteiger partial charge in [-0.3, -0.25) is 4.79 Å². The smallest absolute Gasteiger partial charge is 0.337 e. The number of rotatable bonds is 7. The molecule has 3 aromatic rings. The molecule has 5 rings (SSSR count). The molecule has 0 unspecified atom stereocenters. The number of hydrogen-bond acceptors (Lipinski definition) is 6. The van der Waals surface area contributed by atoms with Crippen molar-refractivity contribution in [2.24, 2.45) is 0 Å². The lowest BCUT2D eigenvalue weighted by atomic mass is 9.71. The summed E-state index contributed by atoms with van der Waals surface area (Å²) in [5, 5.41) is 14.4. The first-order chi connectivity index (χ1) is 18.9. The van der Waals surface area contributed by atoms with Crippen molar-refractivity contribution in [1.29, 1.82) is 0 Å². The summed E-state index contributed by atoms with van der Waals surface area (Å²) in [6, 6.07) is 22.0. The van der Waals surface area contributed by atoms with Crippen LogP contribution in [-0.4, -0.2) is 23.5 Å². The van der Waals surface area contributed by atoms with Crippen LogP contribution < -0.4 is 10.1 Å². The van der Waals surface area contributed by atoms with Crippen LogP contribution in [0.2, 0.25) is 5.02 Å². The number of carbonyl (C=O) groups excluding carboxylic acids is 2. The van der Waals surface area contributed by atoms with Crippen LogP contribution in [-0.2, 0) is 20.9 Å². The summed E-state index contributed by atoms with van der Waals surface area (Å²) >= 11 is 6.09. The standard InChI is InChI=1S/C32H30ClNO5/c1-3-38-28-17-22(11-14-26(28)35)30-29(32(37)39-18-20-7-5-4-6-8-20)19(2)34-25-15-23(16-27(36)31(25)30)21-9-12-24(33)13-10-21/h4-14,17,23,30,34-35H,3,15-16,18H2,1-2H3/t23-,30-/m0/s1. The minimum atomic E-state index is -0.664. The Hall–Kier alpha value is -4.03. The van der Waals surface area contributed by atoms with Crippen LogP contribution in [0.5, 0.6) is 11.5 Å². The maximum atomic E-state index is 13.8. The van der Waals surface area contributed by atoms with Crippen molar-refractivity contribution in [2.45, 2.75) is 45.1 Å². The Morgan fingerprint density at radius 3 is 2.46 bits per heavy atom. The number of halogens is 1. The van der Waals surface area contributed by atoms with Gasteiger partial charge in [-0.2, -0.15) is 0 Å². The van der Waals surface area contributed by atoms with Crippen molar-refractivity contribution in [2.75, 3.05) is 6.61 Å². The topological polar surface area (TPSA) is 84.9 Å². The van der Waals surface area contributed by atoms with E-state index < -0.39 is 11.9 Å². The summed E-state index contributed by atoms with van der Waals surface area (Å²) in [5.41, 5.74) is 4.92. The first-order valence-corrected chi connectivity index (χ1v) is 13.4. The van der Waals surface area contributed by atoms with E-state index in [-0.39, 0.29) is 24.1 Å². The molecule has 39 heavy (non-hydrogen) atoms.